The zero-order valence-corrected chi connectivity index (χ0v) is 15.1. The number of rotatable bonds is 6. The number of aromatic nitrogens is 3. The van der Waals surface area contributed by atoms with Crippen LogP contribution in [0.15, 0.2) is 60.9 Å². The molecule has 0 N–H and O–H groups in total. The first-order chi connectivity index (χ1) is 13.4. The molecule has 4 heterocycles. The van der Waals surface area contributed by atoms with Gasteiger partial charge in [-0.3, -0.25) is 14.9 Å². The van der Waals surface area contributed by atoms with Crippen molar-refractivity contribution in [2.24, 2.45) is 0 Å². The fraction of sp³-hybridized carbons (Fsp3) is 0.286. The van der Waals surface area contributed by atoms with Gasteiger partial charge >= 0.3 is 0 Å². The van der Waals surface area contributed by atoms with E-state index in [0.717, 1.165) is 61.4 Å². The minimum atomic E-state index is 0.618. The molecule has 0 unspecified atom stereocenters. The van der Waals surface area contributed by atoms with Crippen LogP contribution in [0.4, 0.5) is 0 Å². The Morgan fingerprint density at radius 2 is 1.48 bits per heavy atom. The first-order valence-corrected chi connectivity index (χ1v) is 9.16. The van der Waals surface area contributed by atoms with Crippen LogP contribution in [0.1, 0.15) is 0 Å². The lowest BCUT2D eigenvalue weighted by atomic mass is 10.2. The van der Waals surface area contributed by atoms with Crippen molar-refractivity contribution in [3.63, 3.8) is 0 Å². The van der Waals surface area contributed by atoms with E-state index in [1.165, 1.54) is 0 Å². The lowest BCUT2D eigenvalue weighted by molar-refractivity contribution is 0.0322. The number of hydrogen-bond donors (Lipinski definition) is 0. The predicted molar refractivity (Wildman–Crippen MR) is 103 cm³/mol. The molecule has 0 aliphatic carbocycles. The summed E-state index contributed by atoms with van der Waals surface area (Å²) in [7, 11) is 0. The second-order valence-electron chi connectivity index (χ2n) is 6.31. The number of pyridine rings is 3. The van der Waals surface area contributed by atoms with Gasteiger partial charge in [0.05, 0.1) is 36.0 Å². The quantitative estimate of drug-likeness (QED) is 0.672. The van der Waals surface area contributed by atoms with E-state index in [0.29, 0.717) is 6.61 Å². The molecule has 0 saturated carbocycles. The van der Waals surface area contributed by atoms with E-state index in [1.54, 1.807) is 12.4 Å². The van der Waals surface area contributed by atoms with Crippen LogP contribution in [0, 0.1) is 0 Å². The Labute approximate surface area is 158 Å². The Hall–Kier alpha value is -2.83. The molecule has 0 spiro atoms. The van der Waals surface area contributed by atoms with Crippen molar-refractivity contribution < 1.29 is 9.47 Å². The molecule has 0 radical (unpaired) electrons. The van der Waals surface area contributed by atoms with Crippen LogP contribution >= 0.6 is 0 Å². The third kappa shape index (κ3) is 4.67. The fourth-order valence-electron chi connectivity index (χ4n) is 3.00. The summed E-state index contributed by atoms with van der Waals surface area (Å²) >= 11 is 0. The van der Waals surface area contributed by atoms with Gasteiger partial charge in [0.25, 0.3) is 0 Å². The van der Waals surface area contributed by atoms with Crippen molar-refractivity contribution in [3.05, 3.63) is 60.9 Å². The summed E-state index contributed by atoms with van der Waals surface area (Å²) in [4.78, 5) is 15.9. The molecule has 0 amide bonds. The molecule has 1 aliphatic rings. The number of nitrogens with zero attached hydrogens (tertiary/aromatic N) is 4. The van der Waals surface area contributed by atoms with Gasteiger partial charge in [-0.1, -0.05) is 12.1 Å². The normalized spacial score (nSPS) is 14.8. The van der Waals surface area contributed by atoms with E-state index >= 15 is 0 Å². The van der Waals surface area contributed by atoms with E-state index in [-0.39, 0.29) is 0 Å². The lowest BCUT2D eigenvalue weighted by Crippen LogP contribution is -2.38. The maximum absolute atomic E-state index is 6.06. The Balaban J connectivity index is 1.56. The Bertz CT molecular complexity index is 795. The molecule has 0 atom stereocenters. The summed E-state index contributed by atoms with van der Waals surface area (Å²) in [5.41, 5.74) is 3.18. The monoisotopic (exact) mass is 362 g/mol. The predicted octanol–water partition coefficient (Wildman–Crippen LogP) is 2.92. The average molecular weight is 362 g/mol. The van der Waals surface area contributed by atoms with E-state index in [2.05, 4.69) is 14.9 Å². The maximum Gasteiger partial charge on any atom is 0.123 e. The van der Waals surface area contributed by atoms with Crippen molar-refractivity contribution in [1.82, 2.24) is 19.9 Å². The molecule has 1 fully saturated rings. The fourth-order valence-corrected chi connectivity index (χ4v) is 3.00. The second-order valence-corrected chi connectivity index (χ2v) is 6.31. The molecular weight excluding hydrogens is 340 g/mol. The SMILES string of the molecule is c1ccc(-c2cc(OCCN3CCOCC3)cc(-c3ccccn3)n2)nc1. The standard InChI is InChI=1S/C21H22N4O2/c1-3-7-22-18(5-1)20-15-17(27-14-11-25-9-12-26-13-10-25)16-21(24-20)19-6-2-4-8-23-19/h1-8,15-16H,9-14H2. The molecule has 1 aliphatic heterocycles. The van der Waals surface area contributed by atoms with Gasteiger partial charge in [-0.15, -0.1) is 0 Å². The third-order valence-electron chi connectivity index (χ3n) is 4.43. The number of ether oxygens (including phenoxy) is 2. The van der Waals surface area contributed by atoms with Gasteiger partial charge in [0.2, 0.25) is 0 Å². The Kier molecular flexibility index (Phi) is 5.67. The highest BCUT2D eigenvalue weighted by Crippen LogP contribution is 2.26. The average Bonchev–Trinajstić information content (AvgIpc) is 2.76. The number of hydrogen-bond acceptors (Lipinski definition) is 6. The van der Waals surface area contributed by atoms with Crippen LogP contribution in [-0.2, 0) is 4.74 Å². The summed E-state index contributed by atoms with van der Waals surface area (Å²) in [6, 6.07) is 15.5. The van der Waals surface area contributed by atoms with Crippen LogP contribution in [0.2, 0.25) is 0 Å². The second kappa shape index (κ2) is 8.70. The van der Waals surface area contributed by atoms with Crippen molar-refractivity contribution in [1.29, 1.82) is 0 Å². The molecule has 3 aromatic rings. The van der Waals surface area contributed by atoms with Crippen LogP contribution in [0.5, 0.6) is 5.75 Å². The zero-order chi connectivity index (χ0) is 18.3. The van der Waals surface area contributed by atoms with Gasteiger partial charge in [0.15, 0.2) is 0 Å². The van der Waals surface area contributed by atoms with Crippen LogP contribution in [-0.4, -0.2) is 59.3 Å². The van der Waals surface area contributed by atoms with Crippen LogP contribution in [0.3, 0.4) is 0 Å². The van der Waals surface area contributed by atoms with Gasteiger partial charge in [0, 0.05) is 44.2 Å². The van der Waals surface area contributed by atoms with Gasteiger partial charge in [-0.05, 0) is 24.3 Å². The molecule has 6 heteroatoms. The highest BCUT2D eigenvalue weighted by atomic mass is 16.5. The van der Waals surface area contributed by atoms with Gasteiger partial charge < -0.3 is 9.47 Å². The molecule has 27 heavy (non-hydrogen) atoms. The first kappa shape index (κ1) is 17.6. The van der Waals surface area contributed by atoms with E-state index in [4.69, 9.17) is 14.5 Å². The molecule has 4 rings (SSSR count). The van der Waals surface area contributed by atoms with Crippen LogP contribution in [0.25, 0.3) is 22.8 Å². The molecule has 0 bridgehead atoms. The minimum absolute atomic E-state index is 0.618. The summed E-state index contributed by atoms with van der Waals surface area (Å²) in [6.45, 7) is 5.00. The van der Waals surface area contributed by atoms with Crippen molar-refractivity contribution >= 4 is 0 Å². The van der Waals surface area contributed by atoms with Crippen molar-refractivity contribution in [2.45, 2.75) is 0 Å². The summed E-state index contributed by atoms with van der Waals surface area (Å²) in [5, 5.41) is 0. The van der Waals surface area contributed by atoms with E-state index in [9.17, 15) is 0 Å². The minimum Gasteiger partial charge on any atom is -0.492 e. The molecule has 0 aromatic carbocycles. The molecule has 1 saturated heterocycles. The van der Waals surface area contributed by atoms with Crippen LogP contribution < -0.4 is 4.74 Å². The van der Waals surface area contributed by atoms with Gasteiger partial charge in [-0.2, -0.15) is 0 Å². The summed E-state index contributed by atoms with van der Waals surface area (Å²) < 4.78 is 11.4. The molecule has 138 valence electrons. The smallest absolute Gasteiger partial charge is 0.123 e. The first-order valence-electron chi connectivity index (χ1n) is 9.16. The largest absolute Gasteiger partial charge is 0.492 e. The van der Waals surface area contributed by atoms with E-state index in [1.807, 2.05) is 48.5 Å². The molecular formula is C21H22N4O2. The highest BCUT2D eigenvalue weighted by molar-refractivity contribution is 5.64. The highest BCUT2D eigenvalue weighted by Gasteiger charge is 2.12. The van der Waals surface area contributed by atoms with Gasteiger partial charge in [0.1, 0.15) is 12.4 Å². The zero-order valence-electron chi connectivity index (χ0n) is 15.1. The summed E-state index contributed by atoms with van der Waals surface area (Å²) in [6.07, 6.45) is 3.53. The van der Waals surface area contributed by atoms with Crippen molar-refractivity contribution in [2.75, 3.05) is 39.5 Å². The lowest BCUT2D eigenvalue weighted by Gasteiger charge is -2.26. The Morgan fingerprint density at radius 1 is 0.852 bits per heavy atom. The van der Waals surface area contributed by atoms with Crippen molar-refractivity contribution in [3.8, 4) is 28.5 Å². The summed E-state index contributed by atoms with van der Waals surface area (Å²) in [5.74, 6) is 0.777. The third-order valence-corrected chi connectivity index (χ3v) is 4.43. The topological polar surface area (TPSA) is 60.4 Å². The van der Waals surface area contributed by atoms with E-state index < -0.39 is 0 Å². The molecule has 6 nitrogen and oxygen atoms in total. The Morgan fingerprint density at radius 3 is 2.04 bits per heavy atom. The molecule has 3 aromatic heterocycles. The maximum atomic E-state index is 6.06. The number of morpholine rings is 1. The van der Waals surface area contributed by atoms with Gasteiger partial charge in [-0.25, -0.2) is 4.98 Å².